The predicted molar refractivity (Wildman–Crippen MR) is 126 cm³/mol. The van der Waals surface area contributed by atoms with E-state index in [-0.39, 0.29) is 17.0 Å². The molecular formula is C27H25N4O3-. The van der Waals surface area contributed by atoms with Gasteiger partial charge >= 0.3 is 0 Å². The Kier molecular flexibility index (Phi) is 6.63. The molecule has 0 saturated carbocycles. The molecule has 0 amide bonds. The Hall–Kier alpha value is -4.13. The standard InChI is InChI=1S/C27H26N4O3/c1-18(2)27(3,20-8-10-22(11-9-20)34-17-21-6-4-5-15-28-21)25-14-7-19(16-29-25)23-12-13-24(26(32)33)31-30-23/h4-16,18H,17H2,1-3H3,(H,32,33)/p-1. The SMILES string of the molecule is CC(C)C(C)(c1ccc(OCc2ccccn2)cc1)c1ccc(-c2ccc(C(=O)[O-])nn2)cn1. The second-order valence-electron chi connectivity index (χ2n) is 8.51. The smallest absolute Gasteiger partial charge is 0.130 e. The van der Waals surface area contributed by atoms with E-state index in [4.69, 9.17) is 9.72 Å². The maximum atomic E-state index is 10.9. The zero-order valence-electron chi connectivity index (χ0n) is 19.3. The van der Waals surface area contributed by atoms with Crippen LogP contribution in [0, 0.1) is 5.92 Å². The van der Waals surface area contributed by atoms with Crippen LogP contribution in [0.25, 0.3) is 11.3 Å². The number of carboxylic acid groups (broad SMARTS) is 1. The molecule has 7 heteroatoms. The van der Waals surface area contributed by atoms with E-state index in [1.807, 2.05) is 42.5 Å². The fourth-order valence-corrected chi connectivity index (χ4v) is 3.76. The average molecular weight is 454 g/mol. The van der Waals surface area contributed by atoms with Gasteiger partial charge in [-0.05, 0) is 66.9 Å². The van der Waals surface area contributed by atoms with E-state index in [1.54, 1.807) is 18.5 Å². The zero-order valence-corrected chi connectivity index (χ0v) is 19.3. The molecule has 3 heterocycles. The molecule has 0 bridgehead atoms. The number of aromatic carboxylic acids is 1. The molecule has 1 atom stereocenters. The Morgan fingerprint density at radius 3 is 2.32 bits per heavy atom. The van der Waals surface area contributed by atoms with Crippen LogP contribution in [0.2, 0.25) is 0 Å². The normalized spacial score (nSPS) is 12.8. The predicted octanol–water partition coefficient (Wildman–Crippen LogP) is 3.84. The second kappa shape index (κ2) is 9.79. The van der Waals surface area contributed by atoms with E-state index >= 15 is 0 Å². The number of rotatable bonds is 8. The number of carbonyl (C=O) groups excluding carboxylic acids is 1. The Balaban J connectivity index is 1.54. The maximum absolute atomic E-state index is 10.9. The summed E-state index contributed by atoms with van der Waals surface area (Å²) in [6, 6.07) is 20.7. The highest BCUT2D eigenvalue weighted by atomic mass is 16.5. The summed E-state index contributed by atoms with van der Waals surface area (Å²) >= 11 is 0. The summed E-state index contributed by atoms with van der Waals surface area (Å²) in [7, 11) is 0. The number of benzene rings is 1. The van der Waals surface area contributed by atoms with Crippen molar-refractivity contribution in [2.45, 2.75) is 32.8 Å². The van der Waals surface area contributed by atoms with Crippen LogP contribution >= 0.6 is 0 Å². The zero-order chi connectivity index (χ0) is 24.1. The van der Waals surface area contributed by atoms with Crippen LogP contribution in [-0.4, -0.2) is 26.1 Å². The highest BCUT2D eigenvalue weighted by Crippen LogP contribution is 2.39. The number of ether oxygens (including phenoxy) is 1. The van der Waals surface area contributed by atoms with Gasteiger partial charge in [0.25, 0.3) is 0 Å². The van der Waals surface area contributed by atoms with Crippen molar-refractivity contribution in [1.29, 1.82) is 0 Å². The third kappa shape index (κ3) is 4.78. The Morgan fingerprint density at radius 2 is 1.76 bits per heavy atom. The van der Waals surface area contributed by atoms with Gasteiger partial charge in [-0.15, -0.1) is 10.2 Å². The van der Waals surface area contributed by atoms with Crippen LogP contribution in [0.3, 0.4) is 0 Å². The van der Waals surface area contributed by atoms with Crippen LogP contribution in [0.4, 0.5) is 0 Å². The molecule has 7 nitrogen and oxygen atoms in total. The van der Waals surface area contributed by atoms with Gasteiger partial charge in [0.15, 0.2) is 0 Å². The van der Waals surface area contributed by atoms with Crippen LogP contribution in [0.15, 0.2) is 79.1 Å². The minimum Gasteiger partial charge on any atom is -0.543 e. The second-order valence-corrected chi connectivity index (χ2v) is 8.51. The lowest BCUT2D eigenvalue weighted by molar-refractivity contribution is -0.255. The Morgan fingerprint density at radius 1 is 0.971 bits per heavy atom. The Bertz CT molecular complexity index is 1240. The summed E-state index contributed by atoms with van der Waals surface area (Å²) in [6.07, 6.45) is 3.49. The summed E-state index contributed by atoms with van der Waals surface area (Å²) in [5.41, 5.74) is 3.70. The quantitative estimate of drug-likeness (QED) is 0.399. The summed E-state index contributed by atoms with van der Waals surface area (Å²) in [5, 5.41) is 18.6. The van der Waals surface area contributed by atoms with E-state index in [9.17, 15) is 9.90 Å². The molecule has 1 aromatic carbocycles. The monoisotopic (exact) mass is 453 g/mol. The molecule has 0 spiro atoms. The molecule has 0 aliphatic carbocycles. The molecule has 0 aliphatic rings. The van der Waals surface area contributed by atoms with Crippen LogP contribution in [0.5, 0.6) is 5.75 Å². The minimum atomic E-state index is -1.35. The largest absolute Gasteiger partial charge is 0.543 e. The molecule has 34 heavy (non-hydrogen) atoms. The number of carboxylic acids is 1. The topological polar surface area (TPSA) is 101 Å². The van der Waals surface area contributed by atoms with Crippen molar-refractivity contribution in [1.82, 2.24) is 20.2 Å². The molecule has 0 radical (unpaired) electrons. The first-order valence-electron chi connectivity index (χ1n) is 11.0. The van der Waals surface area contributed by atoms with Crippen molar-refractivity contribution in [2.75, 3.05) is 0 Å². The molecule has 172 valence electrons. The van der Waals surface area contributed by atoms with Crippen molar-refractivity contribution < 1.29 is 14.6 Å². The van der Waals surface area contributed by atoms with Crippen LogP contribution in [0.1, 0.15) is 48.2 Å². The molecule has 0 saturated heterocycles. The van der Waals surface area contributed by atoms with Crippen molar-refractivity contribution >= 4 is 5.97 Å². The van der Waals surface area contributed by atoms with Gasteiger partial charge in [0.2, 0.25) is 0 Å². The molecule has 3 aromatic heterocycles. The molecular weight excluding hydrogens is 428 g/mol. The minimum absolute atomic E-state index is 0.201. The van der Waals surface area contributed by atoms with Crippen molar-refractivity contribution in [3.05, 3.63) is 102 Å². The van der Waals surface area contributed by atoms with E-state index < -0.39 is 5.97 Å². The lowest BCUT2D eigenvalue weighted by atomic mass is 9.70. The summed E-state index contributed by atoms with van der Waals surface area (Å²) in [4.78, 5) is 19.9. The summed E-state index contributed by atoms with van der Waals surface area (Å²) < 4.78 is 5.88. The molecule has 4 aromatic rings. The van der Waals surface area contributed by atoms with Crippen molar-refractivity contribution in [3.63, 3.8) is 0 Å². The van der Waals surface area contributed by atoms with Gasteiger partial charge in [0.1, 0.15) is 18.1 Å². The first kappa shape index (κ1) is 23.0. The fraction of sp³-hybridized carbons (Fsp3) is 0.222. The number of carbonyl (C=O) groups is 1. The number of aromatic nitrogens is 4. The third-order valence-corrected chi connectivity index (χ3v) is 6.19. The van der Waals surface area contributed by atoms with Gasteiger partial charge in [-0.2, -0.15) is 0 Å². The van der Waals surface area contributed by atoms with Gasteiger partial charge in [0.05, 0.1) is 23.1 Å². The van der Waals surface area contributed by atoms with E-state index in [0.717, 1.165) is 28.3 Å². The lowest BCUT2D eigenvalue weighted by Crippen LogP contribution is -2.31. The first-order chi connectivity index (χ1) is 16.4. The van der Waals surface area contributed by atoms with E-state index in [2.05, 4.69) is 48.1 Å². The highest BCUT2D eigenvalue weighted by Gasteiger charge is 2.34. The van der Waals surface area contributed by atoms with Gasteiger partial charge < -0.3 is 14.6 Å². The van der Waals surface area contributed by atoms with Gasteiger partial charge in [-0.1, -0.05) is 32.0 Å². The average Bonchev–Trinajstić information content (AvgIpc) is 2.88. The van der Waals surface area contributed by atoms with Gasteiger partial charge in [-0.3, -0.25) is 9.97 Å². The molecule has 4 rings (SSSR count). The van der Waals surface area contributed by atoms with Crippen LogP contribution < -0.4 is 9.84 Å². The maximum Gasteiger partial charge on any atom is 0.130 e. The third-order valence-electron chi connectivity index (χ3n) is 6.19. The Labute approximate surface area is 198 Å². The number of hydrogen-bond donors (Lipinski definition) is 0. The lowest BCUT2D eigenvalue weighted by Gasteiger charge is -2.34. The number of pyridine rings is 2. The number of nitrogens with zero attached hydrogens (tertiary/aromatic N) is 4. The molecule has 1 unspecified atom stereocenters. The molecule has 0 fully saturated rings. The first-order valence-corrected chi connectivity index (χ1v) is 11.0. The van der Waals surface area contributed by atoms with Gasteiger partial charge in [0, 0.05) is 23.4 Å². The van der Waals surface area contributed by atoms with E-state index in [1.165, 1.54) is 6.07 Å². The number of hydrogen-bond acceptors (Lipinski definition) is 7. The van der Waals surface area contributed by atoms with Gasteiger partial charge in [-0.25, -0.2) is 0 Å². The molecule has 0 aliphatic heterocycles. The van der Waals surface area contributed by atoms with Crippen molar-refractivity contribution in [2.24, 2.45) is 5.92 Å². The molecule has 0 N–H and O–H groups in total. The fourth-order valence-electron chi connectivity index (χ4n) is 3.76. The summed E-state index contributed by atoms with van der Waals surface area (Å²) in [5.74, 6) is -0.302. The van der Waals surface area contributed by atoms with Crippen molar-refractivity contribution in [3.8, 4) is 17.0 Å². The summed E-state index contributed by atoms with van der Waals surface area (Å²) in [6.45, 7) is 6.94. The highest BCUT2D eigenvalue weighted by molar-refractivity contribution is 5.83. The van der Waals surface area contributed by atoms with E-state index in [0.29, 0.717) is 12.3 Å². The van der Waals surface area contributed by atoms with Crippen LogP contribution in [-0.2, 0) is 12.0 Å².